The van der Waals surface area contributed by atoms with Gasteiger partial charge < -0.3 is 5.73 Å². The maximum Gasteiger partial charge on any atom is 0.147 e. The minimum atomic E-state index is -2.98. The molecule has 2 N–H and O–H groups in total. The summed E-state index contributed by atoms with van der Waals surface area (Å²) in [6.45, 7) is 0. The van der Waals surface area contributed by atoms with Gasteiger partial charge in [0.05, 0.1) is 4.47 Å². The molecule has 0 aliphatic carbocycles. The van der Waals surface area contributed by atoms with Crippen molar-refractivity contribution in [1.82, 2.24) is 0 Å². The number of nitrogens with two attached hydrogens (primary N) is 1. The van der Waals surface area contributed by atoms with Crippen LogP contribution in [0, 0.1) is 5.82 Å². The number of halogens is 2. The van der Waals surface area contributed by atoms with Crippen molar-refractivity contribution in [3.8, 4) is 0 Å². The van der Waals surface area contributed by atoms with Crippen molar-refractivity contribution in [2.75, 3.05) is 12.0 Å². The van der Waals surface area contributed by atoms with Gasteiger partial charge in [-0.1, -0.05) is 12.1 Å². The Kier molecular flexibility index (Phi) is 5.09. The Bertz CT molecular complexity index is 490. The molecule has 3 nitrogen and oxygen atoms in total. The van der Waals surface area contributed by atoms with E-state index in [9.17, 15) is 12.8 Å². The SMILES string of the molecule is CS(=O)(=O)CCCC(N)c1cccc(Br)c1F. The summed E-state index contributed by atoms with van der Waals surface area (Å²) < 4.78 is 35.9. The highest BCUT2D eigenvalue weighted by Gasteiger charge is 2.14. The Morgan fingerprint density at radius 1 is 1.47 bits per heavy atom. The van der Waals surface area contributed by atoms with Crippen molar-refractivity contribution in [3.63, 3.8) is 0 Å². The van der Waals surface area contributed by atoms with Gasteiger partial charge >= 0.3 is 0 Å². The Morgan fingerprint density at radius 3 is 2.71 bits per heavy atom. The molecule has 0 aliphatic rings. The molecule has 1 atom stereocenters. The minimum Gasteiger partial charge on any atom is -0.324 e. The van der Waals surface area contributed by atoms with Crippen molar-refractivity contribution in [2.45, 2.75) is 18.9 Å². The molecule has 1 rings (SSSR count). The first-order valence-corrected chi connectivity index (χ1v) is 8.04. The fourth-order valence-corrected chi connectivity index (χ4v) is 2.60. The van der Waals surface area contributed by atoms with E-state index in [4.69, 9.17) is 5.73 Å². The number of hydrogen-bond donors (Lipinski definition) is 1. The summed E-state index contributed by atoms with van der Waals surface area (Å²) in [7, 11) is -2.98. The summed E-state index contributed by atoms with van der Waals surface area (Å²) in [5.41, 5.74) is 6.25. The molecule has 0 aromatic heterocycles. The maximum absolute atomic E-state index is 13.7. The lowest BCUT2D eigenvalue weighted by atomic mass is 10.0. The van der Waals surface area contributed by atoms with E-state index in [0.29, 0.717) is 22.9 Å². The molecule has 1 aromatic rings. The molecule has 1 aromatic carbocycles. The quantitative estimate of drug-likeness (QED) is 0.905. The van der Waals surface area contributed by atoms with Crippen LogP contribution in [0.3, 0.4) is 0 Å². The predicted octanol–water partition coefficient (Wildman–Crippen LogP) is 2.41. The largest absolute Gasteiger partial charge is 0.324 e. The molecule has 0 amide bonds. The molecule has 0 saturated heterocycles. The van der Waals surface area contributed by atoms with Crippen LogP contribution in [0.2, 0.25) is 0 Å². The summed E-state index contributed by atoms with van der Waals surface area (Å²) in [4.78, 5) is 0. The zero-order valence-corrected chi connectivity index (χ0v) is 11.9. The zero-order valence-electron chi connectivity index (χ0n) is 9.49. The summed E-state index contributed by atoms with van der Waals surface area (Å²) in [5.74, 6) is -0.296. The van der Waals surface area contributed by atoms with E-state index in [2.05, 4.69) is 15.9 Å². The van der Waals surface area contributed by atoms with Gasteiger partial charge in [-0.25, -0.2) is 12.8 Å². The van der Waals surface area contributed by atoms with Gasteiger partial charge in [-0.3, -0.25) is 0 Å². The van der Waals surface area contributed by atoms with Gasteiger partial charge in [-0.2, -0.15) is 0 Å². The van der Waals surface area contributed by atoms with Gasteiger partial charge in [0.25, 0.3) is 0 Å². The van der Waals surface area contributed by atoms with E-state index in [1.165, 1.54) is 6.26 Å². The van der Waals surface area contributed by atoms with Crippen LogP contribution in [-0.4, -0.2) is 20.4 Å². The van der Waals surface area contributed by atoms with Crippen molar-refractivity contribution in [1.29, 1.82) is 0 Å². The van der Waals surface area contributed by atoms with Crippen LogP contribution >= 0.6 is 15.9 Å². The summed E-state index contributed by atoms with van der Waals surface area (Å²) >= 11 is 3.09. The first-order chi connectivity index (χ1) is 7.81. The fourth-order valence-electron chi connectivity index (χ4n) is 1.53. The van der Waals surface area contributed by atoms with Crippen LogP contribution in [0.15, 0.2) is 22.7 Å². The Labute approximate surface area is 109 Å². The number of rotatable bonds is 5. The van der Waals surface area contributed by atoms with Gasteiger partial charge in [0.2, 0.25) is 0 Å². The van der Waals surface area contributed by atoms with Crippen molar-refractivity contribution in [2.24, 2.45) is 5.73 Å². The predicted molar refractivity (Wildman–Crippen MR) is 70.0 cm³/mol. The molecular formula is C11H15BrFNO2S. The van der Waals surface area contributed by atoms with Crippen LogP contribution in [0.4, 0.5) is 4.39 Å². The van der Waals surface area contributed by atoms with Gasteiger partial charge in [-0.15, -0.1) is 0 Å². The average Bonchev–Trinajstić information content (AvgIpc) is 2.20. The molecule has 6 heteroatoms. The highest BCUT2D eigenvalue weighted by molar-refractivity contribution is 9.10. The van der Waals surface area contributed by atoms with Crippen LogP contribution < -0.4 is 5.73 Å². The molecule has 0 radical (unpaired) electrons. The highest BCUT2D eigenvalue weighted by Crippen LogP contribution is 2.24. The van der Waals surface area contributed by atoms with Gasteiger partial charge in [0, 0.05) is 23.6 Å². The number of benzene rings is 1. The molecule has 0 bridgehead atoms. The summed E-state index contributed by atoms with van der Waals surface area (Å²) in [6.07, 6.45) is 2.06. The van der Waals surface area contributed by atoms with E-state index in [1.54, 1.807) is 18.2 Å². The lowest BCUT2D eigenvalue weighted by Crippen LogP contribution is -2.14. The monoisotopic (exact) mass is 323 g/mol. The summed E-state index contributed by atoms with van der Waals surface area (Å²) in [5, 5.41) is 0. The van der Waals surface area contributed by atoms with E-state index in [-0.39, 0.29) is 11.6 Å². The normalized spacial score (nSPS) is 13.6. The first-order valence-electron chi connectivity index (χ1n) is 5.18. The molecule has 17 heavy (non-hydrogen) atoms. The van der Waals surface area contributed by atoms with E-state index in [1.807, 2.05) is 0 Å². The Balaban J connectivity index is 2.64. The van der Waals surface area contributed by atoms with Crippen molar-refractivity contribution >= 4 is 25.8 Å². The molecule has 0 heterocycles. The molecule has 0 saturated carbocycles. The van der Waals surface area contributed by atoms with Crippen LogP contribution in [0.1, 0.15) is 24.4 Å². The highest BCUT2D eigenvalue weighted by atomic mass is 79.9. The Hall–Kier alpha value is -0.460. The van der Waals surface area contributed by atoms with E-state index < -0.39 is 15.9 Å². The van der Waals surface area contributed by atoms with Crippen LogP contribution in [0.5, 0.6) is 0 Å². The number of hydrogen-bond acceptors (Lipinski definition) is 3. The summed E-state index contributed by atoms with van der Waals surface area (Å²) in [6, 6.07) is 4.45. The maximum atomic E-state index is 13.7. The lowest BCUT2D eigenvalue weighted by molar-refractivity contribution is 0.552. The fraction of sp³-hybridized carbons (Fsp3) is 0.455. The van der Waals surface area contributed by atoms with E-state index >= 15 is 0 Å². The first kappa shape index (κ1) is 14.6. The average molecular weight is 324 g/mol. The third kappa shape index (κ3) is 4.73. The third-order valence-corrected chi connectivity index (χ3v) is 4.05. The van der Waals surface area contributed by atoms with Crippen molar-refractivity contribution in [3.05, 3.63) is 34.1 Å². The van der Waals surface area contributed by atoms with Gasteiger partial charge in [0.1, 0.15) is 15.7 Å². The molecule has 0 fully saturated rings. The minimum absolute atomic E-state index is 0.0797. The molecule has 0 aliphatic heterocycles. The lowest BCUT2D eigenvalue weighted by Gasteiger charge is -2.13. The standard InChI is InChI=1S/C11H15BrFNO2S/c1-17(15,16)7-3-6-10(14)8-4-2-5-9(12)11(8)13/h2,4-5,10H,3,6-7,14H2,1H3. The van der Waals surface area contributed by atoms with Crippen LogP contribution in [0.25, 0.3) is 0 Å². The molecule has 1 unspecified atom stereocenters. The van der Waals surface area contributed by atoms with E-state index in [0.717, 1.165) is 0 Å². The molecular weight excluding hydrogens is 309 g/mol. The molecule has 0 spiro atoms. The third-order valence-electron chi connectivity index (χ3n) is 2.41. The van der Waals surface area contributed by atoms with Crippen LogP contribution in [-0.2, 0) is 9.84 Å². The second kappa shape index (κ2) is 5.93. The topological polar surface area (TPSA) is 60.2 Å². The Morgan fingerprint density at radius 2 is 2.12 bits per heavy atom. The van der Waals surface area contributed by atoms with Gasteiger partial charge in [0.15, 0.2) is 0 Å². The second-order valence-electron chi connectivity index (χ2n) is 4.02. The smallest absolute Gasteiger partial charge is 0.147 e. The second-order valence-corrected chi connectivity index (χ2v) is 7.14. The molecule has 96 valence electrons. The number of sulfone groups is 1. The van der Waals surface area contributed by atoms with Gasteiger partial charge in [-0.05, 0) is 34.8 Å². The zero-order chi connectivity index (χ0) is 13.1. The van der Waals surface area contributed by atoms with Crippen molar-refractivity contribution < 1.29 is 12.8 Å².